The number of aromatic nitrogens is 6. The molecule has 0 unspecified atom stereocenters. The fourth-order valence-electron chi connectivity index (χ4n) is 2.32. The summed E-state index contributed by atoms with van der Waals surface area (Å²) in [5, 5.41) is 16.0. The SMILES string of the molecule is CC(=O)c1sc(-c2ccc(Oc3ccc4nnnn4n3)cc2)nc1C. The first kappa shape index (κ1) is 15.3. The number of hydrogen-bond acceptors (Lipinski definition) is 8. The fraction of sp³-hybridized carbons (Fsp3) is 0.125. The van der Waals surface area contributed by atoms with E-state index in [1.807, 2.05) is 31.2 Å². The third-order valence-electron chi connectivity index (χ3n) is 3.49. The quantitative estimate of drug-likeness (QED) is 0.521. The summed E-state index contributed by atoms with van der Waals surface area (Å²) in [6, 6.07) is 10.9. The zero-order valence-electron chi connectivity index (χ0n) is 13.4. The molecule has 0 spiro atoms. The maximum Gasteiger partial charge on any atom is 0.239 e. The number of nitrogens with zero attached hydrogens (tertiary/aromatic N) is 6. The number of ether oxygens (including phenoxy) is 1. The van der Waals surface area contributed by atoms with Gasteiger partial charge in [0.1, 0.15) is 10.8 Å². The largest absolute Gasteiger partial charge is 0.438 e. The molecule has 0 amide bonds. The highest BCUT2D eigenvalue weighted by atomic mass is 32.1. The molecule has 0 fully saturated rings. The molecule has 124 valence electrons. The van der Waals surface area contributed by atoms with Crippen LogP contribution in [0.25, 0.3) is 16.2 Å². The van der Waals surface area contributed by atoms with Gasteiger partial charge < -0.3 is 4.74 Å². The van der Waals surface area contributed by atoms with Gasteiger partial charge in [-0.15, -0.1) is 26.2 Å². The van der Waals surface area contributed by atoms with Crippen LogP contribution < -0.4 is 4.74 Å². The molecule has 9 heteroatoms. The minimum Gasteiger partial charge on any atom is -0.438 e. The van der Waals surface area contributed by atoms with Crippen LogP contribution in [0, 0.1) is 6.92 Å². The number of tetrazole rings is 1. The molecule has 4 aromatic rings. The van der Waals surface area contributed by atoms with Crippen molar-refractivity contribution in [3.63, 3.8) is 0 Å². The Labute approximate surface area is 146 Å². The van der Waals surface area contributed by atoms with Gasteiger partial charge in [0.2, 0.25) is 5.88 Å². The molecule has 0 radical (unpaired) electrons. The lowest BCUT2D eigenvalue weighted by Gasteiger charge is -2.04. The molecule has 0 aliphatic carbocycles. The summed E-state index contributed by atoms with van der Waals surface area (Å²) in [6.45, 7) is 3.39. The zero-order chi connectivity index (χ0) is 17.4. The van der Waals surface area contributed by atoms with E-state index in [1.54, 1.807) is 19.1 Å². The van der Waals surface area contributed by atoms with Crippen LogP contribution in [0.3, 0.4) is 0 Å². The van der Waals surface area contributed by atoms with Crippen molar-refractivity contribution >= 4 is 22.8 Å². The van der Waals surface area contributed by atoms with Gasteiger partial charge in [-0.25, -0.2) is 4.98 Å². The maximum absolute atomic E-state index is 11.6. The Morgan fingerprint density at radius 3 is 2.68 bits per heavy atom. The predicted molar refractivity (Wildman–Crippen MR) is 90.9 cm³/mol. The minimum atomic E-state index is 0.0327. The number of ketones is 1. The summed E-state index contributed by atoms with van der Waals surface area (Å²) in [7, 11) is 0. The Kier molecular flexibility index (Phi) is 3.69. The highest BCUT2D eigenvalue weighted by Crippen LogP contribution is 2.30. The first-order valence-electron chi connectivity index (χ1n) is 7.42. The second-order valence-electron chi connectivity index (χ2n) is 5.31. The molecule has 0 saturated heterocycles. The number of Topliss-reactive ketones (excluding diaryl/α,β-unsaturated/α-hetero) is 1. The lowest BCUT2D eigenvalue weighted by Crippen LogP contribution is -1.97. The molecule has 8 nitrogen and oxygen atoms in total. The number of carbonyl (C=O) groups is 1. The molecule has 3 aromatic heterocycles. The average molecular weight is 352 g/mol. The minimum absolute atomic E-state index is 0.0327. The summed E-state index contributed by atoms with van der Waals surface area (Å²) < 4.78 is 7.01. The van der Waals surface area contributed by atoms with Crippen molar-refractivity contribution in [3.8, 4) is 22.2 Å². The first-order chi connectivity index (χ1) is 12.1. The summed E-state index contributed by atoms with van der Waals surface area (Å²) in [5.41, 5.74) is 2.23. The van der Waals surface area contributed by atoms with E-state index in [4.69, 9.17) is 4.74 Å². The zero-order valence-corrected chi connectivity index (χ0v) is 14.2. The van der Waals surface area contributed by atoms with Crippen LogP contribution >= 0.6 is 11.3 Å². The number of rotatable bonds is 4. The number of hydrogen-bond donors (Lipinski definition) is 0. The van der Waals surface area contributed by atoms with Gasteiger partial charge in [0, 0.05) is 18.6 Å². The number of thiazole rings is 1. The Morgan fingerprint density at radius 1 is 1.16 bits per heavy atom. The van der Waals surface area contributed by atoms with Crippen LogP contribution in [0.1, 0.15) is 22.3 Å². The number of fused-ring (bicyclic) bond motifs is 1. The summed E-state index contributed by atoms with van der Waals surface area (Å²) in [4.78, 5) is 16.7. The highest BCUT2D eigenvalue weighted by Gasteiger charge is 2.13. The normalized spacial score (nSPS) is 11.0. The fourth-order valence-corrected chi connectivity index (χ4v) is 3.29. The molecule has 0 N–H and O–H groups in total. The van der Waals surface area contributed by atoms with Crippen LogP contribution in [0.15, 0.2) is 36.4 Å². The Morgan fingerprint density at radius 2 is 1.96 bits per heavy atom. The Hall–Kier alpha value is -3.20. The smallest absolute Gasteiger partial charge is 0.239 e. The van der Waals surface area contributed by atoms with Crippen LogP contribution in [-0.2, 0) is 0 Å². The Balaban J connectivity index is 1.57. The molecule has 0 saturated carbocycles. The van der Waals surface area contributed by atoms with E-state index in [1.165, 1.54) is 16.0 Å². The molecule has 25 heavy (non-hydrogen) atoms. The number of benzene rings is 1. The molecule has 0 aliphatic heterocycles. The number of carbonyl (C=O) groups excluding carboxylic acids is 1. The molecule has 4 rings (SSSR count). The molecular formula is C16H12N6O2S. The Bertz CT molecular complexity index is 1070. The van der Waals surface area contributed by atoms with Crippen LogP contribution in [0.4, 0.5) is 0 Å². The van der Waals surface area contributed by atoms with Crippen molar-refractivity contribution < 1.29 is 9.53 Å². The van der Waals surface area contributed by atoms with E-state index >= 15 is 0 Å². The summed E-state index contributed by atoms with van der Waals surface area (Å²) in [5.74, 6) is 1.05. The summed E-state index contributed by atoms with van der Waals surface area (Å²) in [6.07, 6.45) is 0. The van der Waals surface area contributed by atoms with Crippen LogP contribution in [0.5, 0.6) is 11.6 Å². The highest BCUT2D eigenvalue weighted by molar-refractivity contribution is 7.17. The first-order valence-corrected chi connectivity index (χ1v) is 8.24. The lowest BCUT2D eigenvalue weighted by molar-refractivity contribution is 0.102. The van der Waals surface area contributed by atoms with Crippen LogP contribution in [-0.4, -0.2) is 36.0 Å². The lowest BCUT2D eigenvalue weighted by atomic mass is 10.2. The van der Waals surface area contributed by atoms with E-state index in [9.17, 15) is 4.79 Å². The van der Waals surface area contributed by atoms with Crippen molar-refractivity contribution in [2.75, 3.05) is 0 Å². The van der Waals surface area contributed by atoms with Crippen molar-refractivity contribution in [1.82, 2.24) is 30.2 Å². The average Bonchev–Trinajstić information content (AvgIpc) is 3.21. The number of aryl methyl sites for hydroxylation is 1. The maximum atomic E-state index is 11.6. The van der Waals surface area contributed by atoms with Crippen molar-refractivity contribution in [3.05, 3.63) is 47.0 Å². The van der Waals surface area contributed by atoms with Crippen molar-refractivity contribution in [2.45, 2.75) is 13.8 Å². The van der Waals surface area contributed by atoms with Gasteiger partial charge in [-0.3, -0.25) is 4.79 Å². The van der Waals surface area contributed by atoms with Gasteiger partial charge in [0.05, 0.1) is 10.6 Å². The van der Waals surface area contributed by atoms with Gasteiger partial charge in [0.25, 0.3) is 0 Å². The third-order valence-corrected chi connectivity index (χ3v) is 4.79. The van der Waals surface area contributed by atoms with E-state index in [0.29, 0.717) is 22.2 Å². The molecule has 1 aromatic carbocycles. The van der Waals surface area contributed by atoms with E-state index in [2.05, 4.69) is 25.6 Å². The molecule has 3 heterocycles. The van der Waals surface area contributed by atoms with Gasteiger partial charge in [-0.05, 0) is 47.7 Å². The second kappa shape index (κ2) is 6.02. The van der Waals surface area contributed by atoms with Gasteiger partial charge in [-0.2, -0.15) is 0 Å². The monoisotopic (exact) mass is 352 g/mol. The third kappa shape index (κ3) is 2.96. The van der Waals surface area contributed by atoms with Crippen LogP contribution in [0.2, 0.25) is 0 Å². The predicted octanol–water partition coefficient (Wildman–Crippen LogP) is 2.95. The molecule has 0 bridgehead atoms. The topological polar surface area (TPSA) is 95.2 Å². The van der Waals surface area contributed by atoms with Crippen molar-refractivity contribution in [2.24, 2.45) is 0 Å². The molecular weight excluding hydrogens is 340 g/mol. The van der Waals surface area contributed by atoms with E-state index in [0.717, 1.165) is 16.3 Å². The van der Waals surface area contributed by atoms with Gasteiger partial charge in [0.15, 0.2) is 11.4 Å². The van der Waals surface area contributed by atoms with Gasteiger partial charge in [-0.1, -0.05) is 0 Å². The molecule has 0 atom stereocenters. The van der Waals surface area contributed by atoms with Crippen molar-refractivity contribution in [1.29, 1.82) is 0 Å². The van der Waals surface area contributed by atoms with E-state index < -0.39 is 0 Å². The summed E-state index contributed by atoms with van der Waals surface area (Å²) >= 11 is 1.39. The van der Waals surface area contributed by atoms with E-state index in [-0.39, 0.29) is 5.78 Å². The van der Waals surface area contributed by atoms with Gasteiger partial charge >= 0.3 is 0 Å². The standard InChI is InChI=1S/C16H12N6O2S/c1-9-15(10(2)23)25-16(17-9)11-3-5-12(6-4-11)24-14-8-7-13-18-20-21-22(13)19-14/h3-8H,1-2H3. The molecule has 0 aliphatic rings. The second-order valence-corrected chi connectivity index (χ2v) is 6.31.